The molecule has 194 valence electrons. The zero-order valence-electron chi connectivity index (χ0n) is 21.4. The van der Waals surface area contributed by atoms with Crippen LogP contribution < -0.4 is 20.5 Å². The minimum Gasteiger partial charge on any atom is -0.493 e. The Hall–Kier alpha value is -2.97. The monoisotopic (exact) mass is 488 g/mol. The number of nitrogens with zero attached hydrogens (tertiary/aromatic N) is 2. The first kappa shape index (κ1) is 26.6. The van der Waals surface area contributed by atoms with Crippen LogP contribution in [0.3, 0.4) is 0 Å². The molecule has 2 unspecified atom stereocenters. The number of urea groups is 1. The molecule has 1 heterocycles. The Morgan fingerprint density at radius 3 is 2.40 bits per heavy atom. The molecule has 1 aliphatic heterocycles. The molecule has 1 aliphatic carbocycles. The van der Waals surface area contributed by atoms with Gasteiger partial charge < -0.3 is 30.3 Å². The number of hydrogen-bond donors (Lipinski definition) is 2. The Kier molecular flexibility index (Phi) is 9.23. The van der Waals surface area contributed by atoms with E-state index in [9.17, 15) is 14.4 Å². The number of rotatable bonds is 9. The van der Waals surface area contributed by atoms with E-state index in [0.29, 0.717) is 24.5 Å². The van der Waals surface area contributed by atoms with Crippen LogP contribution in [0.5, 0.6) is 11.5 Å². The van der Waals surface area contributed by atoms with Gasteiger partial charge in [0.15, 0.2) is 11.5 Å². The van der Waals surface area contributed by atoms with Crippen LogP contribution >= 0.6 is 0 Å². The smallest absolute Gasteiger partial charge is 0.318 e. The summed E-state index contributed by atoms with van der Waals surface area (Å²) in [6.07, 6.45) is 5.74. The molecule has 1 saturated heterocycles. The zero-order chi connectivity index (χ0) is 25.5. The fourth-order valence-electron chi connectivity index (χ4n) is 5.22. The highest BCUT2D eigenvalue weighted by Gasteiger charge is 2.44. The summed E-state index contributed by atoms with van der Waals surface area (Å²) in [5.74, 6) is 0.762. The molecule has 4 amide bonds. The van der Waals surface area contributed by atoms with Gasteiger partial charge in [-0.15, -0.1) is 0 Å². The maximum atomic E-state index is 13.7. The van der Waals surface area contributed by atoms with Crippen molar-refractivity contribution in [2.24, 2.45) is 11.7 Å². The van der Waals surface area contributed by atoms with E-state index in [4.69, 9.17) is 15.2 Å². The fraction of sp³-hybridized carbons (Fsp3) is 0.654. The van der Waals surface area contributed by atoms with Crippen molar-refractivity contribution in [3.05, 3.63) is 23.8 Å². The number of carbonyl (C=O) groups is 3. The SMILES string of the molecule is COc1ccc(CN2CC(CC(N)=O)N(C(=O)NC3CCCCC3)C(CC(C)C)C2=O)cc1OC. The van der Waals surface area contributed by atoms with Gasteiger partial charge in [-0.2, -0.15) is 0 Å². The van der Waals surface area contributed by atoms with E-state index in [1.807, 2.05) is 26.0 Å². The maximum absolute atomic E-state index is 13.7. The molecule has 2 atom stereocenters. The van der Waals surface area contributed by atoms with Crippen molar-refractivity contribution in [3.8, 4) is 11.5 Å². The van der Waals surface area contributed by atoms with Crippen LogP contribution in [0.1, 0.15) is 64.4 Å². The first-order valence-corrected chi connectivity index (χ1v) is 12.6. The van der Waals surface area contributed by atoms with Crippen molar-refractivity contribution in [1.29, 1.82) is 0 Å². The van der Waals surface area contributed by atoms with Crippen LogP contribution in [-0.4, -0.2) is 66.5 Å². The van der Waals surface area contributed by atoms with E-state index in [0.717, 1.165) is 31.2 Å². The van der Waals surface area contributed by atoms with Crippen LogP contribution in [0.4, 0.5) is 4.79 Å². The van der Waals surface area contributed by atoms with Crippen LogP contribution in [0.2, 0.25) is 0 Å². The fourth-order valence-corrected chi connectivity index (χ4v) is 5.22. The van der Waals surface area contributed by atoms with E-state index in [2.05, 4.69) is 5.32 Å². The minimum absolute atomic E-state index is 0.00238. The number of benzene rings is 1. The third kappa shape index (κ3) is 6.80. The summed E-state index contributed by atoms with van der Waals surface area (Å²) in [7, 11) is 3.14. The molecule has 9 heteroatoms. The summed E-state index contributed by atoms with van der Waals surface area (Å²) in [4.78, 5) is 42.5. The summed E-state index contributed by atoms with van der Waals surface area (Å²) >= 11 is 0. The van der Waals surface area contributed by atoms with Crippen LogP contribution in [0.25, 0.3) is 0 Å². The summed E-state index contributed by atoms with van der Waals surface area (Å²) in [6, 6.07) is 4.22. The molecule has 1 aromatic rings. The van der Waals surface area contributed by atoms with E-state index in [1.165, 1.54) is 6.42 Å². The van der Waals surface area contributed by atoms with Crippen molar-refractivity contribution in [1.82, 2.24) is 15.1 Å². The molecule has 3 rings (SSSR count). The average Bonchev–Trinajstić information content (AvgIpc) is 2.81. The first-order chi connectivity index (χ1) is 16.7. The Morgan fingerprint density at radius 1 is 1.11 bits per heavy atom. The standard InChI is InChI=1S/C26H40N4O5/c1-17(2)12-21-25(32)29(15-18-10-11-22(34-3)23(13-18)35-4)16-20(14-24(27)31)30(21)26(33)28-19-8-6-5-7-9-19/h10-11,13,17,19-21H,5-9,12,14-16H2,1-4H3,(H2,27,31)(H,28,33). The summed E-state index contributed by atoms with van der Waals surface area (Å²) in [5.41, 5.74) is 6.46. The largest absolute Gasteiger partial charge is 0.493 e. The Bertz CT molecular complexity index is 900. The third-order valence-corrected chi connectivity index (χ3v) is 6.88. The predicted octanol–water partition coefficient (Wildman–Crippen LogP) is 3.05. The highest BCUT2D eigenvalue weighted by molar-refractivity contribution is 5.89. The molecule has 35 heavy (non-hydrogen) atoms. The second-order valence-corrected chi connectivity index (χ2v) is 10.1. The molecule has 2 aliphatic rings. The normalized spacial score (nSPS) is 21.2. The number of methoxy groups -OCH3 is 2. The lowest BCUT2D eigenvalue weighted by Gasteiger charge is -2.46. The number of primary amides is 1. The number of nitrogens with one attached hydrogen (secondary N) is 1. The van der Waals surface area contributed by atoms with Gasteiger partial charge in [-0.25, -0.2) is 4.79 Å². The molecule has 9 nitrogen and oxygen atoms in total. The van der Waals surface area contributed by atoms with Crippen LogP contribution in [0.15, 0.2) is 18.2 Å². The maximum Gasteiger partial charge on any atom is 0.318 e. The molecule has 0 spiro atoms. The Balaban J connectivity index is 1.87. The van der Waals surface area contributed by atoms with E-state index in [-0.39, 0.29) is 36.9 Å². The van der Waals surface area contributed by atoms with E-state index < -0.39 is 18.0 Å². The van der Waals surface area contributed by atoms with Gasteiger partial charge in [0, 0.05) is 25.6 Å². The first-order valence-electron chi connectivity index (χ1n) is 12.6. The average molecular weight is 489 g/mol. The number of nitrogens with two attached hydrogens (primary N) is 1. The van der Waals surface area contributed by atoms with Gasteiger partial charge >= 0.3 is 6.03 Å². The number of piperazine rings is 1. The van der Waals surface area contributed by atoms with Crippen molar-refractivity contribution in [3.63, 3.8) is 0 Å². The Morgan fingerprint density at radius 2 is 1.80 bits per heavy atom. The van der Waals surface area contributed by atoms with Gasteiger partial charge in [0.25, 0.3) is 0 Å². The third-order valence-electron chi connectivity index (χ3n) is 6.88. The summed E-state index contributed by atoms with van der Waals surface area (Å²) < 4.78 is 10.7. The number of amides is 4. The second-order valence-electron chi connectivity index (χ2n) is 10.1. The van der Waals surface area contributed by atoms with Crippen molar-refractivity contribution in [2.45, 2.75) is 83.5 Å². The van der Waals surface area contributed by atoms with Crippen molar-refractivity contribution < 1.29 is 23.9 Å². The minimum atomic E-state index is -0.656. The molecule has 0 bridgehead atoms. The lowest BCUT2D eigenvalue weighted by Crippen LogP contribution is -2.66. The van der Waals surface area contributed by atoms with Gasteiger partial charge in [0.2, 0.25) is 11.8 Å². The molecule has 3 N–H and O–H groups in total. The van der Waals surface area contributed by atoms with Gasteiger partial charge in [-0.3, -0.25) is 9.59 Å². The molecule has 0 aromatic heterocycles. The Labute approximate surface area is 208 Å². The number of carbonyl (C=O) groups excluding carboxylic acids is 3. The van der Waals surface area contributed by atoms with Crippen molar-refractivity contribution in [2.75, 3.05) is 20.8 Å². The predicted molar refractivity (Wildman–Crippen MR) is 133 cm³/mol. The zero-order valence-corrected chi connectivity index (χ0v) is 21.4. The molecule has 1 aromatic carbocycles. The highest BCUT2D eigenvalue weighted by atomic mass is 16.5. The lowest BCUT2D eigenvalue weighted by atomic mass is 9.94. The molecule has 2 fully saturated rings. The molecular formula is C26H40N4O5. The molecular weight excluding hydrogens is 448 g/mol. The topological polar surface area (TPSA) is 114 Å². The number of hydrogen-bond acceptors (Lipinski definition) is 5. The van der Waals surface area contributed by atoms with Gasteiger partial charge in [0.05, 0.1) is 20.3 Å². The summed E-state index contributed by atoms with van der Waals surface area (Å²) in [5, 5.41) is 3.14. The number of ether oxygens (including phenoxy) is 2. The quantitative estimate of drug-likeness (QED) is 0.555. The highest BCUT2D eigenvalue weighted by Crippen LogP contribution is 2.30. The van der Waals surface area contributed by atoms with Gasteiger partial charge in [-0.1, -0.05) is 39.2 Å². The van der Waals surface area contributed by atoms with Gasteiger partial charge in [-0.05, 0) is 42.9 Å². The van der Waals surface area contributed by atoms with Crippen LogP contribution in [0, 0.1) is 5.92 Å². The molecule has 0 radical (unpaired) electrons. The van der Waals surface area contributed by atoms with E-state index >= 15 is 0 Å². The lowest BCUT2D eigenvalue weighted by molar-refractivity contribution is -0.145. The van der Waals surface area contributed by atoms with Crippen LogP contribution in [-0.2, 0) is 16.1 Å². The van der Waals surface area contributed by atoms with E-state index in [1.54, 1.807) is 30.1 Å². The second kappa shape index (κ2) is 12.1. The van der Waals surface area contributed by atoms with Gasteiger partial charge in [0.1, 0.15) is 6.04 Å². The molecule has 1 saturated carbocycles. The van der Waals surface area contributed by atoms with Crippen molar-refractivity contribution >= 4 is 17.8 Å². The summed E-state index contributed by atoms with van der Waals surface area (Å²) in [6.45, 7) is 4.63.